The van der Waals surface area contributed by atoms with E-state index >= 15 is 0 Å². The number of nitrogens with zero attached hydrogens (tertiary/aromatic N) is 1. The molecule has 7 heteroatoms. The second kappa shape index (κ2) is 8.53. The lowest BCUT2D eigenvalue weighted by Gasteiger charge is -2.12. The highest BCUT2D eigenvalue weighted by Crippen LogP contribution is 2.14. The minimum absolute atomic E-state index is 0.00940. The molecule has 1 aromatic heterocycles. The highest BCUT2D eigenvalue weighted by Gasteiger charge is 2.20. The zero-order chi connectivity index (χ0) is 17.5. The third kappa shape index (κ3) is 5.34. The second-order valence-corrected chi connectivity index (χ2v) is 7.82. The van der Waals surface area contributed by atoms with Gasteiger partial charge in [0.1, 0.15) is 0 Å². The van der Waals surface area contributed by atoms with Gasteiger partial charge in [-0.25, -0.2) is 13.1 Å². The van der Waals surface area contributed by atoms with Crippen LogP contribution in [0.4, 0.5) is 0 Å². The van der Waals surface area contributed by atoms with Gasteiger partial charge in [-0.05, 0) is 42.7 Å². The lowest BCUT2D eigenvalue weighted by Crippen LogP contribution is -2.31. The van der Waals surface area contributed by atoms with Crippen LogP contribution in [0, 0.1) is 0 Å². The van der Waals surface area contributed by atoms with E-state index in [0.29, 0.717) is 26.2 Å². The van der Waals surface area contributed by atoms with E-state index in [4.69, 9.17) is 4.74 Å². The molecule has 0 radical (unpaired) electrons. The Labute approximate surface area is 148 Å². The molecule has 1 fully saturated rings. The van der Waals surface area contributed by atoms with Gasteiger partial charge in [-0.1, -0.05) is 18.2 Å². The first-order chi connectivity index (χ1) is 12.1. The van der Waals surface area contributed by atoms with Crippen LogP contribution in [-0.4, -0.2) is 32.7 Å². The predicted molar refractivity (Wildman–Crippen MR) is 95.4 cm³/mol. The predicted octanol–water partition coefficient (Wildman–Crippen LogP) is 1.83. The Balaban J connectivity index is 1.50. The van der Waals surface area contributed by atoms with Crippen molar-refractivity contribution in [2.75, 3.05) is 13.2 Å². The molecule has 0 bridgehead atoms. The minimum atomic E-state index is -3.49. The number of pyridine rings is 1. The molecule has 0 amide bonds. The summed E-state index contributed by atoms with van der Waals surface area (Å²) in [6, 6.07) is 12.7. The van der Waals surface area contributed by atoms with Crippen molar-refractivity contribution in [3.05, 3.63) is 59.9 Å². The summed E-state index contributed by atoms with van der Waals surface area (Å²) < 4.78 is 32.7. The summed E-state index contributed by atoms with van der Waals surface area (Å²) in [5, 5.41) is 3.29. The number of rotatable bonds is 8. The van der Waals surface area contributed by atoms with E-state index in [-0.39, 0.29) is 11.0 Å². The van der Waals surface area contributed by atoms with Gasteiger partial charge in [0.2, 0.25) is 10.0 Å². The SMILES string of the molecule is O=S(=O)(NCC1CCCO1)c1ccc(CNCc2ccccn2)cc1. The Morgan fingerprint density at radius 3 is 2.64 bits per heavy atom. The largest absolute Gasteiger partial charge is 0.377 e. The Kier molecular flexibility index (Phi) is 6.14. The van der Waals surface area contributed by atoms with Crippen LogP contribution in [0.3, 0.4) is 0 Å². The van der Waals surface area contributed by atoms with Crippen molar-refractivity contribution in [1.82, 2.24) is 15.0 Å². The van der Waals surface area contributed by atoms with Crippen LogP contribution in [0.1, 0.15) is 24.1 Å². The Morgan fingerprint density at radius 2 is 1.96 bits per heavy atom. The lowest BCUT2D eigenvalue weighted by molar-refractivity contribution is 0.114. The molecule has 1 atom stereocenters. The Morgan fingerprint density at radius 1 is 1.12 bits per heavy atom. The lowest BCUT2D eigenvalue weighted by atomic mass is 10.2. The number of hydrogen-bond acceptors (Lipinski definition) is 5. The van der Waals surface area contributed by atoms with E-state index in [1.165, 1.54) is 0 Å². The molecular weight excluding hydrogens is 338 g/mol. The summed E-state index contributed by atoms with van der Waals surface area (Å²) >= 11 is 0. The molecule has 1 saturated heterocycles. The van der Waals surface area contributed by atoms with Crippen LogP contribution in [0.25, 0.3) is 0 Å². The third-order valence-corrected chi connectivity index (χ3v) is 5.56. The normalized spacial score (nSPS) is 17.7. The molecule has 1 aliphatic rings. The fraction of sp³-hybridized carbons (Fsp3) is 0.389. The van der Waals surface area contributed by atoms with E-state index in [1.54, 1.807) is 18.3 Å². The van der Waals surface area contributed by atoms with Crippen LogP contribution in [0.15, 0.2) is 53.6 Å². The topological polar surface area (TPSA) is 80.3 Å². The number of ether oxygens (including phenoxy) is 1. The molecule has 0 saturated carbocycles. The highest BCUT2D eigenvalue weighted by molar-refractivity contribution is 7.89. The van der Waals surface area contributed by atoms with Crippen LogP contribution >= 0.6 is 0 Å². The van der Waals surface area contributed by atoms with Gasteiger partial charge in [0, 0.05) is 32.4 Å². The van der Waals surface area contributed by atoms with Crippen LogP contribution in [0.2, 0.25) is 0 Å². The van der Waals surface area contributed by atoms with Crippen molar-refractivity contribution >= 4 is 10.0 Å². The fourth-order valence-corrected chi connectivity index (χ4v) is 3.78. The summed E-state index contributed by atoms with van der Waals surface area (Å²) in [5.74, 6) is 0. The van der Waals surface area contributed by atoms with E-state index in [0.717, 1.165) is 24.1 Å². The average molecular weight is 361 g/mol. The molecule has 1 unspecified atom stereocenters. The van der Waals surface area contributed by atoms with Gasteiger partial charge in [-0.2, -0.15) is 0 Å². The quantitative estimate of drug-likeness (QED) is 0.750. The zero-order valence-electron chi connectivity index (χ0n) is 14.0. The first kappa shape index (κ1) is 18.0. The molecule has 2 N–H and O–H groups in total. The summed E-state index contributed by atoms with van der Waals surface area (Å²) in [6.07, 6.45) is 3.65. The monoisotopic (exact) mass is 361 g/mol. The van der Waals surface area contributed by atoms with E-state index in [1.807, 2.05) is 30.3 Å². The maximum atomic E-state index is 12.3. The highest BCUT2D eigenvalue weighted by atomic mass is 32.2. The molecule has 0 spiro atoms. The third-order valence-electron chi connectivity index (χ3n) is 4.12. The Hall–Kier alpha value is -1.80. The number of sulfonamides is 1. The van der Waals surface area contributed by atoms with Crippen LogP contribution < -0.4 is 10.0 Å². The molecule has 1 aliphatic heterocycles. The molecule has 3 rings (SSSR count). The molecular formula is C18H23N3O3S. The molecule has 25 heavy (non-hydrogen) atoms. The smallest absolute Gasteiger partial charge is 0.240 e. The van der Waals surface area contributed by atoms with Crippen molar-refractivity contribution in [1.29, 1.82) is 0 Å². The summed E-state index contributed by atoms with van der Waals surface area (Å²) in [6.45, 7) is 2.37. The van der Waals surface area contributed by atoms with Crippen molar-refractivity contribution in [2.45, 2.75) is 36.9 Å². The molecule has 0 aliphatic carbocycles. The average Bonchev–Trinajstić information content (AvgIpc) is 3.15. The van der Waals surface area contributed by atoms with Gasteiger partial charge in [-0.3, -0.25) is 4.98 Å². The number of hydrogen-bond donors (Lipinski definition) is 2. The summed E-state index contributed by atoms with van der Waals surface area (Å²) in [5.41, 5.74) is 1.99. The van der Waals surface area contributed by atoms with Gasteiger partial charge >= 0.3 is 0 Å². The molecule has 2 heterocycles. The van der Waals surface area contributed by atoms with Gasteiger partial charge in [0.15, 0.2) is 0 Å². The number of nitrogens with one attached hydrogen (secondary N) is 2. The molecule has 2 aromatic rings. The van der Waals surface area contributed by atoms with Gasteiger partial charge in [0.25, 0.3) is 0 Å². The molecule has 134 valence electrons. The summed E-state index contributed by atoms with van der Waals surface area (Å²) in [4.78, 5) is 4.53. The number of benzene rings is 1. The van der Waals surface area contributed by atoms with Crippen molar-refractivity contribution < 1.29 is 13.2 Å². The first-order valence-corrected chi connectivity index (χ1v) is 9.93. The van der Waals surface area contributed by atoms with Crippen molar-refractivity contribution in [2.24, 2.45) is 0 Å². The Bertz CT molecular complexity index is 758. The molecule has 6 nitrogen and oxygen atoms in total. The maximum Gasteiger partial charge on any atom is 0.240 e. The van der Waals surface area contributed by atoms with Gasteiger partial charge < -0.3 is 10.1 Å². The van der Waals surface area contributed by atoms with Gasteiger partial charge in [-0.15, -0.1) is 0 Å². The second-order valence-electron chi connectivity index (χ2n) is 6.06. The van der Waals surface area contributed by atoms with E-state index < -0.39 is 10.0 Å². The van der Waals surface area contributed by atoms with Crippen LogP contribution in [-0.2, 0) is 27.8 Å². The standard InChI is InChI=1S/C18H23N3O3S/c22-25(23,21-14-17-5-3-11-24-17)18-8-6-15(7-9-18)12-19-13-16-4-1-2-10-20-16/h1-2,4,6-10,17,19,21H,3,5,11-14H2. The molecule has 1 aromatic carbocycles. The summed E-state index contributed by atoms with van der Waals surface area (Å²) in [7, 11) is -3.49. The maximum absolute atomic E-state index is 12.3. The van der Waals surface area contributed by atoms with Crippen molar-refractivity contribution in [3.8, 4) is 0 Å². The zero-order valence-corrected chi connectivity index (χ0v) is 14.8. The number of aromatic nitrogens is 1. The first-order valence-electron chi connectivity index (χ1n) is 8.44. The van der Waals surface area contributed by atoms with Crippen molar-refractivity contribution in [3.63, 3.8) is 0 Å². The van der Waals surface area contributed by atoms with E-state index in [2.05, 4.69) is 15.0 Å². The fourth-order valence-electron chi connectivity index (χ4n) is 2.72. The van der Waals surface area contributed by atoms with Crippen LogP contribution in [0.5, 0.6) is 0 Å². The van der Waals surface area contributed by atoms with Gasteiger partial charge in [0.05, 0.1) is 16.7 Å². The minimum Gasteiger partial charge on any atom is -0.377 e. The van der Waals surface area contributed by atoms with E-state index in [9.17, 15) is 8.42 Å².